The molecule has 174 valence electrons. The molecular formula is C24H30N6O3. The van der Waals surface area contributed by atoms with Crippen LogP contribution in [0, 0.1) is 0 Å². The second kappa shape index (κ2) is 8.82. The van der Waals surface area contributed by atoms with Gasteiger partial charge in [-0.25, -0.2) is 4.79 Å². The Kier molecular flexibility index (Phi) is 6.07. The Bertz CT molecular complexity index is 1210. The third-order valence-corrected chi connectivity index (χ3v) is 5.29. The maximum atomic E-state index is 13.5. The zero-order valence-electron chi connectivity index (χ0n) is 19.7. The second-order valence-corrected chi connectivity index (χ2v) is 9.34. The summed E-state index contributed by atoms with van der Waals surface area (Å²) in [6, 6.07) is 7.61. The molecule has 4 rings (SSSR count). The van der Waals surface area contributed by atoms with Gasteiger partial charge < -0.3 is 20.3 Å². The van der Waals surface area contributed by atoms with Crippen LogP contribution in [0.2, 0.25) is 0 Å². The Balaban J connectivity index is 1.63. The summed E-state index contributed by atoms with van der Waals surface area (Å²) in [4.78, 5) is 31.8. The van der Waals surface area contributed by atoms with Gasteiger partial charge in [-0.2, -0.15) is 5.10 Å². The monoisotopic (exact) mass is 450 g/mol. The summed E-state index contributed by atoms with van der Waals surface area (Å²) in [7, 11) is 4.04. The number of ketones is 1. The molecule has 1 aliphatic carbocycles. The fourth-order valence-electron chi connectivity index (χ4n) is 3.88. The highest BCUT2D eigenvalue weighted by Crippen LogP contribution is 2.41. The van der Waals surface area contributed by atoms with Crippen molar-refractivity contribution in [3.63, 3.8) is 0 Å². The molecule has 1 aliphatic rings. The van der Waals surface area contributed by atoms with Crippen LogP contribution < -0.4 is 10.6 Å². The lowest BCUT2D eigenvalue weighted by atomic mass is 9.89. The summed E-state index contributed by atoms with van der Waals surface area (Å²) < 4.78 is 7.22. The van der Waals surface area contributed by atoms with E-state index in [0.717, 1.165) is 28.7 Å². The van der Waals surface area contributed by atoms with Crippen molar-refractivity contribution in [2.75, 3.05) is 39.0 Å². The summed E-state index contributed by atoms with van der Waals surface area (Å²) in [6.07, 6.45) is 1.16. The number of alkyl carbamates (subject to hydrolysis) is 1. The van der Waals surface area contributed by atoms with Gasteiger partial charge in [-0.05, 0) is 59.1 Å². The van der Waals surface area contributed by atoms with E-state index in [1.54, 1.807) is 6.20 Å². The van der Waals surface area contributed by atoms with Gasteiger partial charge in [-0.3, -0.25) is 14.5 Å². The van der Waals surface area contributed by atoms with Gasteiger partial charge in [0.25, 0.3) is 0 Å². The van der Waals surface area contributed by atoms with Crippen molar-refractivity contribution in [1.82, 2.24) is 25.0 Å². The highest BCUT2D eigenvalue weighted by molar-refractivity contribution is 6.26. The lowest BCUT2D eigenvalue weighted by molar-refractivity contribution is 0.0530. The number of benzene rings is 1. The number of nitrogens with one attached hydrogen (secondary N) is 2. The van der Waals surface area contributed by atoms with Crippen molar-refractivity contribution in [2.45, 2.75) is 32.9 Å². The molecule has 0 spiro atoms. The zero-order chi connectivity index (χ0) is 23.8. The maximum absolute atomic E-state index is 13.5. The lowest BCUT2D eigenvalue weighted by Crippen LogP contribution is -2.35. The maximum Gasteiger partial charge on any atom is 0.407 e. The van der Waals surface area contributed by atoms with Gasteiger partial charge in [-0.1, -0.05) is 0 Å². The van der Waals surface area contributed by atoms with E-state index < -0.39 is 11.7 Å². The molecule has 0 unspecified atom stereocenters. The molecule has 2 aromatic heterocycles. The number of nitrogens with zero attached hydrogens (tertiary/aromatic N) is 4. The Morgan fingerprint density at radius 1 is 1.15 bits per heavy atom. The van der Waals surface area contributed by atoms with E-state index in [1.165, 1.54) is 0 Å². The third kappa shape index (κ3) is 4.68. The van der Waals surface area contributed by atoms with Crippen molar-refractivity contribution in [1.29, 1.82) is 0 Å². The van der Waals surface area contributed by atoms with Crippen molar-refractivity contribution < 1.29 is 14.3 Å². The van der Waals surface area contributed by atoms with Crippen LogP contribution in [0.4, 0.5) is 10.5 Å². The third-order valence-electron chi connectivity index (χ3n) is 5.29. The van der Waals surface area contributed by atoms with Crippen LogP contribution in [0.3, 0.4) is 0 Å². The molecule has 9 nitrogen and oxygen atoms in total. The number of fused-ring (bicyclic) bond motifs is 2. The molecule has 33 heavy (non-hydrogen) atoms. The molecular weight excluding hydrogens is 420 g/mol. The van der Waals surface area contributed by atoms with E-state index in [9.17, 15) is 9.59 Å². The topological polar surface area (TPSA) is 101 Å². The van der Waals surface area contributed by atoms with Gasteiger partial charge in [-0.15, -0.1) is 0 Å². The molecule has 1 amide bonds. The number of anilines is 1. The number of carbonyl (C=O) groups excluding carboxylic acids is 2. The Labute approximate surface area is 193 Å². The number of carbonyl (C=O) groups is 2. The lowest BCUT2D eigenvalue weighted by Gasteiger charge is -2.20. The first kappa shape index (κ1) is 22.7. The SMILES string of the molecule is CN(C)CCn1nc2c3c(c(NCCNC(=O)OC(C)(C)C)ccc31)C(=O)c1ncccc1-2. The highest BCUT2D eigenvalue weighted by atomic mass is 16.6. The summed E-state index contributed by atoms with van der Waals surface area (Å²) >= 11 is 0. The number of likely N-dealkylation sites (N-methyl/N-ethyl adjacent to an activating group) is 1. The molecule has 0 bridgehead atoms. The van der Waals surface area contributed by atoms with Crippen molar-refractivity contribution >= 4 is 28.5 Å². The molecule has 0 saturated heterocycles. The van der Waals surface area contributed by atoms with Crippen LogP contribution in [-0.4, -0.2) is 70.9 Å². The number of aromatic nitrogens is 3. The van der Waals surface area contributed by atoms with Crippen molar-refractivity contribution in [2.24, 2.45) is 0 Å². The summed E-state index contributed by atoms with van der Waals surface area (Å²) in [6.45, 7) is 7.78. The normalized spacial score (nSPS) is 12.7. The summed E-state index contributed by atoms with van der Waals surface area (Å²) in [5.41, 5.74) is 3.57. The predicted octanol–water partition coefficient (Wildman–Crippen LogP) is 3.14. The fourth-order valence-corrected chi connectivity index (χ4v) is 3.88. The van der Waals surface area contributed by atoms with Crippen molar-refractivity contribution in [3.8, 4) is 11.3 Å². The van der Waals surface area contributed by atoms with Crippen LogP contribution in [-0.2, 0) is 11.3 Å². The smallest absolute Gasteiger partial charge is 0.407 e. The first-order chi connectivity index (χ1) is 15.7. The van der Waals surface area contributed by atoms with E-state index >= 15 is 0 Å². The van der Waals surface area contributed by atoms with Crippen LogP contribution in [0.1, 0.15) is 36.8 Å². The van der Waals surface area contributed by atoms with Crippen LogP contribution in [0.15, 0.2) is 30.5 Å². The van der Waals surface area contributed by atoms with E-state index in [2.05, 4.69) is 20.5 Å². The van der Waals surface area contributed by atoms with E-state index in [-0.39, 0.29) is 5.78 Å². The molecule has 0 fully saturated rings. The number of ether oxygens (including phenoxy) is 1. The minimum absolute atomic E-state index is 0.126. The minimum atomic E-state index is -0.553. The molecule has 0 aliphatic heterocycles. The molecule has 0 radical (unpaired) electrons. The van der Waals surface area contributed by atoms with E-state index in [1.807, 2.05) is 63.8 Å². The van der Waals surface area contributed by atoms with Crippen LogP contribution >= 0.6 is 0 Å². The first-order valence-electron chi connectivity index (χ1n) is 11.0. The van der Waals surface area contributed by atoms with Crippen LogP contribution in [0.5, 0.6) is 0 Å². The molecule has 3 aromatic rings. The molecule has 0 atom stereocenters. The second-order valence-electron chi connectivity index (χ2n) is 9.34. The molecule has 1 aromatic carbocycles. The molecule has 0 saturated carbocycles. The average molecular weight is 451 g/mol. The largest absolute Gasteiger partial charge is 0.444 e. The molecule has 9 heteroatoms. The predicted molar refractivity (Wildman–Crippen MR) is 128 cm³/mol. The summed E-state index contributed by atoms with van der Waals surface area (Å²) in [5.74, 6) is -0.126. The van der Waals surface area contributed by atoms with Gasteiger partial charge in [0, 0.05) is 42.5 Å². The van der Waals surface area contributed by atoms with Crippen molar-refractivity contribution in [3.05, 3.63) is 41.7 Å². The Hall–Kier alpha value is -3.46. The number of hydrogen-bond donors (Lipinski definition) is 2. The number of rotatable bonds is 7. The number of hydrogen-bond acceptors (Lipinski definition) is 7. The van der Waals surface area contributed by atoms with Gasteiger partial charge >= 0.3 is 6.09 Å². The number of pyridine rings is 1. The average Bonchev–Trinajstić information content (AvgIpc) is 3.12. The number of amides is 1. The molecule has 2 heterocycles. The van der Waals surface area contributed by atoms with Gasteiger partial charge in [0.2, 0.25) is 5.78 Å². The minimum Gasteiger partial charge on any atom is -0.444 e. The Morgan fingerprint density at radius 2 is 1.94 bits per heavy atom. The van der Waals surface area contributed by atoms with Gasteiger partial charge in [0.05, 0.1) is 17.6 Å². The Morgan fingerprint density at radius 3 is 2.67 bits per heavy atom. The quantitative estimate of drug-likeness (QED) is 0.417. The van der Waals surface area contributed by atoms with E-state index in [0.29, 0.717) is 36.6 Å². The summed E-state index contributed by atoms with van der Waals surface area (Å²) in [5, 5.41) is 11.7. The van der Waals surface area contributed by atoms with Gasteiger partial charge in [0.15, 0.2) is 0 Å². The first-order valence-corrected chi connectivity index (χ1v) is 11.0. The van der Waals surface area contributed by atoms with Crippen LogP contribution in [0.25, 0.3) is 22.2 Å². The molecule has 2 N–H and O–H groups in total. The van der Waals surface area contributed by atoms with Gasteiger partial charge in [0.1, 0.15) is 17.0 Å². The zero-order valence-corrected chi connectivity index (χ0v) is 19.7. The fraction of sp³-hybridized carbons (Fsp3) is 0.417. The highest BCUT2D eigenvalue weighted by Gasteiger charge is 2.32. The van der Waals surface area contributed by atoms with E-state index in [4.69, 9.17) is 9.84 Å². The standard InChI is InChI=1S/C24H30N6O3/c1-24(2,3)33-23(32)27-12-11-25-16-8-9-17-19-18(16)22(31)21-15(7-6-10-26-21)20(19)28-30(17)14-13-29(4)5/h6-10,25H,11-14H2,1-5H3,(H,27,32).